The zero-order valence-electron chi connectivity index (χ0n) is 8.45. The summed E-state index contributed by atoms with van der Waals surface area (Å²) in [6.45, 7) is 1.71. The second kappa shape index (κ2) is 4.12. The largest absolute Gasteiger partial charge is 0.497 e. The first kappa shape index (κ1) is 10.6. The van der Waals surface area contributed by atoms with E-state index in [0.717, 1.165) is 11.3 Å². The van der Waals surface area contributed by atoms with Crippen LogP contribution in [0.4, 0.5) is 0 Å². The van der Waals surface area contributed by atoms with Crippen LogP contribution in [0.5, 0.6) is 5.75 Å². The number of methoxy groups -OCH3 is 1. The third-order valence-electron chi connectivity index (χ3n) is 1.96. The Morgan fingerprint density at radius 2 is 2.29 bits per heavy atom. The lowest BCUT2D eigenvalue weighted by Gasteiger charge is -2.15. The van der Waals surface area contributed by atoms with Gasteiger partial charge in [-0.3, -0.25) is 0 Å². The van der Waals surface area contributed by atoms with E-state index in [1.807, 2.05) is 24.3 Å². The summed E-state index contributed by atoms with van der Waals surface area (Å²) in [5.74, 6) is 0.788. The van der Waals surface area contributed by atoms with E-state index in [0.29, 0.717) is 6.42 Å². The van der Waals surface area contributed by atoms with Crippen LogP contribution in [-0.4, -0.2) is 12.6 Å². The highest BCUT2D eigenvalue weighted by molar-refractivity contribution is 5.30. The lowest BCUT2D eigenvalue weighted by atomic mass is 9.96. The third-order valence-corrected chi connectivity index (χ3v) is 1.96. The molecule has 1 unspecified atom stereocenters. The van der Waals surface area contributed by atoms with Crippen molar-refractivity contribution in [2.75, 3.05) is 7.11 Å². The molecule has 1 rings (SSSR count). The number of hydrogen-bond donors (Lipinski definition) is 1. The maximum Gasteiger partial charge on any atom is 0.119 e. The molecule has 3 heteroatoms. The van der Waals surface area contributed by atoms with Crippen molar-refractivity contribution in [3.63, 3.8) is 0 Å². The van der Waals surface area contributed by atoms with Gasteiger partial charge >= 0.3 is 0 Å². The average molecular weight is 190 g/mol. The SMILES string of the molecule is COc1cccc(CC(C)(N)C#N)c1. The second-order valence-corrected chi connectivity index (χ2v) is 3.56. The Hall–Kier alpha value is -1.53. The minimum Gasteiger partial charge on any atom is -0.497 e. The van der Waals surface area contributed by atoms with E-state index in [1.165, 1.54) is 0 Å². The van der Waals surface area contributed by atoms with E-state index in [9.17, 15) is 0 Å². The molecule has 74 valence electrons. The second-order valence-electron chi connectivity index (χ2n) is 3.56. The van der Waals surface area contributed by atoms with Crippen LogP contribution in [0, 0.1) is 11.3 Å². The average Bonchev–Trinajstić information content (AvgIpc) is 2.17. The molecule has 0 saturated carbocycles. The highest BCUT2D eigenvalue weighted by Crippen LogP contribution is 2.16. The summed E-state index contributed by atoms with van der Waals surface area (Å²) < 4.78 is 5.08. The number of nitrogens with zero attached hydrogens (tertiary/aromatic N) is 1. The Bertz CT molecular complexity index is 353. The summed E-state index contributed by atoms with van der Waals surface area (Å²) in [5, 5.41) is 8.78. The van der Waals surface area contributed by atoms with Gasteiger partial charge in [0.15, 0.2) is 0 Å². The molecule has 0 fully saturated rings. The molecule has 0 bridgehead atoms. The van der Waals surface area contributed by atoms with Crippen molar-refractivity contribution in [3.05, 3.63) is 29.8 Å². The summed E-state index contributed by atoms with van der Waals surface area (Å²) >= 11 is 0. The highest BCUT2D eigenvalue weighted by Gasteiger charge is 2.17. The van der Waals surface area contributed by atoms with E-state index in [2.05, 4.69) is 6.07 Å². The molecule has 0 spiro atoms. The first-order valence-corrected chi connectivity index (χ1v) is 4.40. The topological polar surface area (TPSA) is 59.0 Å². The van der Waals surface area contributed by atoms with Gasteiger partial charge in [-0.25, -0.2) is 0 Å². The van der Waals surface area contributed by atoms with Crippen molar-refractivity contribution in [1.29, 1.82) is 5.26 Å². The minimum absolute atomic E-state index is 0.528. The number of nitriles is 1. The van der Waals surface area contributed by atoms with Gasteiger partial charge in [0.25, 0.3) is 0 Å². The standard InChI is InChI=1S/C11H14N2O/c1-11(13,8-12)7-9-4-3-5-10(6-9)14-2/h3-6H,7,13H2,1-2H3. The van der Waals surface area contributed by atoms with Gasteiger partial charge in [0.1, 0.15) is 11.3 Å². The van der Waals surface area contributed by atoms with Gasteiger partial charge in [-0.15, -0.1) is 0 Å². The first-order chi connectivity index (χ1) is 6.57. The van der Waals surface area contributed by atoms with Gasteiger partial charge in [-0.05, 0) is 24.6 Å². The van der Waals surface area contributed by atoms with Crippen LogP contribution >= 0.6 is 0 Å². The summed E-state index contributed by atoms with van der Waals surface area (Å²) in [6.07, 6.45) is 0.528. The number of hydrogen-bond acceptors (Lipinski definition) is 3. The van der Waals surface area contributed by atoms with Gasteiger partial charge in [0.2, 0.25) is 0 Å². The molecule has 0 saturated heterocycles. The van der Waals surface area contributed by atoms with E-state index in [1.54, 1.807) is 14.0 Å². The molecule has 0 aliphatic rings. The van der Waals surface area contributed by atoms with E-state index in [4.69, 9.17) is 15.7 Å². The summed E-state index contributed by atoms with van der Waals surface area (Å²) in [5.41, 5.74) is 5.93. The molecule has 3 nitrogen and oxygen atoms in total. The molecule has 1 atom stereocenters. The van der Waals surface area contributed by atoms with Gasteiger partial charge in [0, 0.05) is 6.42 Å². The lowest BCUT2D eigenvalue weighted by molar-refractivity contribution is 0.414. The fourth-order valence-corrected chi connectivity index (χ4v) is 1.25. The van der Waals surface area contributed by atoms with Crippen LogP contribution < -0.4 is 10.5 Å². The molecule has 0 heterocycles. The van der Waals surface area contributed by atoms with Crippen molar-refractivity contribution in [1.82, 2.24) is 0 Å². The van der Waals surface area contributed by atoms with Crippen LogP contribution in [0.25, 0.3) is 0 Å². The van der Waals surface area contributed by atoms with Gasteiger partial charge in [0.05, 0.1) is 13.2 Å². The number of rotatable bonds is 3. The molecule has 0 aliphatic heterocycles. The van der Waals surface area contributed by atoms with Gasteiger partial charge < -0.3 is 10.5 Å². The van der Waals surface area contributed by atoms with Crippen molar-refractivity contribution < 1.29 is 4.74 Å². The number of benzene rings is 1. The Morgan fingerprint density at radius 3 is 2.86 bits per heavy atom. The molecule has 1 aromatic carbocycles. The summed E-state index contributed by atoms with van der Waals surface area (Å²) in [6, 6.07) is 9.65. The van der Waals surface area contributed by atoms with E-state index in [-0.39, 0.29) is 0 Å². The van der Waals surface area contributed by atoms with E-state index < -0.39 is 5.54 Å². The molecule has 14 heavy (non-hydrogen) atoms. The molecule has 0 aromatic heterocycles. The minimum atomic E-state index is -0.813. The van der Waals surface area contributed by atoms with Gasteiger partial charge in [-0.2, -0.15) is 5.26 Å². The maximum absolute atomic E-state index is 8.78. The van der Waals surface area contributed by atoms with Crippen molar-refractivity contribution in [2.24, 2.45) is 5.73 Å². The zero-order chi connectivity index (χ0) is 10.6. The third kappa shape index (κ3) is 2.75. The van der Waals surface area contributed by atoms with Crippen LogP contribution in [0.15, 0.2) is 24.3 Å². The normalized spacial score (nSPS) is 14.1. The van der Waals surface area contributed by atoms with Crippen molar-refractivity contribution in [2.45, 2.75) is 18.9 Å². The molecule has 0 aliphatic carbocycles. The predicted molar refractivity (Wildman–Crippen MR) is 54.9 cm³/mol. The summed E-state index contributed by atoms with van der Waals surface area (Å²) in [4.78, 5) is 0. The van der Waals surface area contributed by atoms with Crippen LogP contribution in [0.1, 0.15) is 12.5 Å². The fourth-order valence-electron chi connectivity index (χ4n) is 1.25. The Balaban J connectivity index is 2.83. The molecular weight excluding hydrogens is 176 g/mol. The number of nitrogens with two attached hydrogens (primary N) is 1. The predicted octanol–water partition coefficient (Wildman–Crippen LogP) is 1.48. The lowest BCUT2D eigenvalue weighted by Crippen LogP contribution is -2.36. The quantitative estimate of drug-likeness (QED) is 0.785. The van der Waals surface area contributed by atoms with Crippen LogP contribution in [0.3, 0.4) is 0 Å². The van der Waals surface area contributed by atoms with Gasteiger partial charge in [-0.1, -0.05) is 12.1 Å². The molecule has 0 radical (unpaired) electrons. The van der Waals surface area contributed by atoms with Crippen molar-refractivity contribution in [3.8, 4) is 11.8 Å². The molecular formula is C11H14N2O. The van der Waals surface area contributed by atoms with Crippen LogP contribution in [-0.2, 0) is 6.42 Å². The van der Waals surface area contributed by atoms with Crippen LogP contribution in [0.2, 0.25) is 0 Å². The summed E-state index contributed by atoms with van der Waals surface area (Å²) in [7, 11) is 1.62. The smallest absolute Gasteiger partial charge is 0.119 e. The Morgan fingerprint density at radius 1 is 1.57 bits per heavy atom. The Kier molecular flexibility index (Phi) is 3.10. The van der Waals surface area contributed by atoms with Crippen molar-refractivity contribution >= 4 is 0 Å². The fraction of sp³-hybridized carbons (Fsp3) is 0.364. The molecule has 0 amide bonds. The highest BCUT2D eigenvalue weighted by atomic mass is 16.5. The monoisotopic (exact) mass is 190 g/mol. The molecule has 1 aromatic rings. The van der Waals surface area contributed by atoms with E-state index >= 15 is 0 Å². The number of ether oxygens (including phenoxy) is 1. The molecule has 2 N–H and O–H groups in total. The maximum atomic E-state index is 8.78. The zero-order valence-corrected chi connectivity index (χ0v) is 8.45. The Labute approximate surface area is 84.1 Å². The first-order valence-electron chi connectivity index (χ1n) is 4.40.